The fourth-order valence-electron chi connectivity index (χ4n) is 0.219. The summed E-state index contributed by atoms with van der Waals surface area (Å²) in [6, 6.07) is 0. The van der Waals surface area contributed by atoms with Crippen molar-refractivity contribution in [2.75, 3.05) is 13.7 Å². The number of rotatable bonds is 2. The molecule has 0 fully saturated rings. The highest BCUT2D eigenvalue weighted by molar-refractivity contribution is 8.12. The summed E-state index contributed by atoms with van der Waals surface area (Å²) in [6.45, 7) is 2.62. The molecule has 0 unspecified atom stereocenters. The Bertz CT molecular complexity index is 86.1. The molecule has 0 aromatic rings. The molecule has 0 aliphatic heterocycles. The predicted molar refractivity (Wildman–Crippen MR) is 38.4 cm³/mol. The Hall–Kier alpha value is 0.270. The van der Waals surface area contributed by atoms with E-state index in [9.17, 15) is 0 Å². The summed E-state index contributed by atoms with van der Waals surface area (Å²) in [5, 5.41) is 0. The van der Waals surface area contributed by atoms with Crippen LogP contribution in [0.2, 0.25) is 0 Å². The zero-order valence-electron chi connectivity index (χ0n) is 4.85. The Kier molecular flexibility index (Phi) is 5.59. The smallest absolute Gasteiger partial charge is 0.185 e. The van der Waals surface area contributed by atoms with E-state index >= 15 is 0 Å². The first-order valence-corrected chi connectivity index (χ1v) is 3.33. The van der Waals surface area contributed by atoms with Gasteiger partial charge in [0.2, 0.25) is 0 Å². The summed E-state index contributed by atoms with van der Waals surface area (Å²) in [5.41, 5.74) is 0. The molecule has 0 atom stereocenters. The third kappa shape index (κ3) is 4.43. The van der Waals surface area contributed by atoms with Gasteiger partial charge in [-0.3, -0.25) is 4.99 Å². The van der Waals surface area contributed by atoms with E-state index in [0.717, 1.165) is 12.0 Å². The second kappa shape index (κ2) is 5.41. The van der Waals surface area contributed by atoms with Gasteiger partial charge in [-0.1, -0.05) is 11.6 Å². The molecule has 0 radical (unpaired) electrons. The Morgan fingerprint density at radius 3 is 2.88 bits per heavy atom. The van der Waals surface area contributed by atoms with Gasteiger partial charge >= 0.3 is 0 Å². The van der Waals surface area contributed by atoms with Crippen LogP contribution in [0.25, 0.3) is 0 Å². The zero-order valence-corrected chi connectivity index (χ0v) is 6.42. The van der Waals surface area contributed by atoms with E-state index in [1.165, 1.54) is 0 Å². The van der Waals surface area contributed by atoms with Crippen LogP contribution in [0.4, 0.5) is 0 Å². The van der Waals surface area contributed by atoms with Crippen molar-refractivity contribution < 1.29 is 4.18 Å². The van der Waals surface area contributed by atoms with Crippen LogP contribution in [0.15, 0.2) is 4.99 Å². The minimum absolute atomic E-state index is 0.454. The first-order valence-electron chi connectivity index (χ1n) is 2.21. The van der Waals surface area contributed by atoms with E-state index in [1.54, 1.807) is 7.11 Å². The van der Waals surface area contributed by atoms with Crippen LogP contribution < -0.4 is 0 Å². The molecule has 2 nitrogen and oxygen atoms in total. The first kappa shape index (κ1) is 8.27. The van der Waals surface area contributed by atoms with Gasteiger partial charge in [-0.05, 0) is 6.92 Å². The molecule has 0 aliphatic carbocycles. The lowest BCUT2D eigenvalue weighted by atomic mass is 10.8. The van der Waals surface area contributed by atoms with Crippen LogP contribution in [0.3, 0.4) is 0 Å². The molecule has 0 amide bonds. The summed E-state index contributed by atoms with van der Waals surface area (Å²) >= 11 is 6.54. The van der Waals surface area contributed by atoms with Crippen LogP contribution in [-0.2, 0) is 4.18 Å². The molecule has 0 heterocycles. The van der Waals surface area contributed by atoms with E-state index in [4.69, 9.17) is 11.6 Å². The van der Waals surface area contributed by atoms with Crippen LogP contribution in [-0.4, -0.2) is 18.2 Å². The summed E-state index contributed by atoms with van der Waals surface area (Å²) in [4.78, 5) is 3.83. The van der Waals surface area contributed by atoms with Gasteiger partial charge in [-0.2, -0.15) is 0 Å². The van der Waals surface area contributed by atoms with Crippen LogP contribution in [0.5, 0.6) is 0 Å². The molecule has 48 valence electrons. The van der Waals surface area contributed by atoms with Crippen molar-refractivity contribution in [3.63, 3.8) is 0 Å². The molecule has 0 N–H and O–H groups in total. The van der Waals surface area contributed by atoms with Gasteiger partial charge < -0.3 is 4.18 Å². The molecule has 0 bridgehead atoms. The molecule has 0 saturated heterocycles. The number of halogens is 1. The normalized spacial score (nSPS) is 12.1. The van der Waals surface area contributed by atoms with E-state index in [1.807, 2.05) is 6.92 Å². The lowest BCUT2D eigenvalue weighted by Crippen LogP contribution is -1.80. The van der Waals surface area contributed by atoms with Crippen LogP contribution >= 0.6 is 23.6 Å². The van der Waals surface area contributed by atoms with Crippen molar-refractivity contribution in [2.24, 2.45) is 4.99 Å². The fourth-order valence-corrected chi connectivity index (χ4v) is 0.847. The van der Waals surface area contributed by atoms with Crippen LogP contribution in [0, 0.1) is 0 Å². The Morgan fingerprint density at radius 2 is 2.50 bits per heavy atom. The monoisotopic (exact) mass is 153 g/mol. The zero-order chi connectivity index (χ0) is 6.41. The summed E-state index contributed by atoms with van der Waals surface area (Å²) in [6.07, 6.45) is 0. The highest BCUT2D eigenvalue weighted by atomic mass is 35.5. The highest BCUT2D eigenvalue weighted by Crippen LogP contribution is 2.06. The number of aliphatic imine (C=N–C) groups is 1. The summed E-state index contributed by atoms with van der Waals surface area (Å²) < 4.78 is 5.06. The maximum atomic E-state index is 5.47. The van der Waals surface area contributed by atoms with E-state index in [2.05, 4.69) is 9.18 Å². The van der Waals surface area contributed by atoms with Crippen molar-refractivity contribution in [1.29, 1.82) is 0 Å². The van der Waals surface area contributed by atoms with E-state index in [-0.39, 0.29) is 0 Å². The lowest BCUT2D eigenvalue weighted by molar-refractivity contribution is 0.496. The minimum Gasteiger partial charge on any atom is -0.312 e. The SMILES string of the molecule is CCN=C(Cl)SOC. The third-order valence-corrected chi connectivity index (χ3v) is 1.18. The Labute approximate surface area is 58.5 Å². The maximum Gasteiger partial charge on any atom is 0.185 e. The molecule has 0 rings (SSSR count). The van der Waals surface area contributed by atoms with Gasteiger partial charge in [0.1, 0.15) is 0 Å². The van der Waals surface area contributed by atoms with Gasteiger partial charge in [0, 0.05) is 6.54 Å². The van der Waals surface area contributed by atoms with Gasteiger partial charge in [0.25, 0.3) is 0 Å². The molecule has 0 aromatic heterocycles. The summed E-state index contributed by atoms with van der Waals surface area (Å²) in [7, 11) is 1.55. The molecule has 8 heavy (non-hydrogen) atoms. The lowest BCUT2D eigenvalue weighted by Gasteiger charge is -1.89. The molecular formula is C4H8ClNOS. The number of hydrogen-bond acceptors (Lipinski definition) is 3. The predicted octanol–water partition coefficient (Wildman–Crippen LogP) is 1.90. The fraction of sp³-hybridized carbons (Fsp3) is 0.750. The van der Waals surface area contributed by atoms with Gasteiger partial charge in [0.05, 0.1) is 19.2 Å². The molecule has 0 saturated carbocycles. The van der Waals surface area contributed by atoms with Crippen molar-refractivity contribution in [3.05, 3.63) is 0 Å². The topological polar surface area (TPSA) is 21.6 Å². The van der Waals surface area contributed by atoms with Gasteiger partial charge in [-0.25, -0.2) is 0 Å². The second-order valence-corrected chi connectivity index (χ2v) is 2.45. The second-order valence-electron chi connectivity index (χ2n) is 0.977. The molecule has 4 heteroatoms. The average molecular weight is 154 g/mol. The largest absolute Gasteiger partial charge is 0.312 e. The average Bonchev–Trinajstić information content (AvgIpc) is 1.68. The van der Waals surface area contributed by atoms with Crippen LogP contribution in [0.1, 0.15) is 6.92 Å². The first-order chi connectivity index (χ1) is 3.81. The third-order valence-electron chi connectivity index (χ3n) is 0.435. The van der Waals surface area contributed by atoms with Gasteiger partial charge in [-0.15, -0.1) is 0 Å². The highest BCUT2D eigenvalue weighted by Gasteiger charge is 1.89. The molecule has 0 aromatic carbocycles. The molecule has 0 spiro atoms. The van der Waals surface area contributed by atoms with Crippen molar-refractivity contribution in [2.45, 2.75) is 6.92 Å². The summed E-state index contributed by atoms with van der Waals surface area (Å²) in [5.74, 6) is 0. The standard InChI is InChI=1S/C4H8ClNOS/c1-3-6-4(5)8-7-2/h3H2,1-2H3. The Balaban J connectivity index is 3.29. The molecular weight excluding hydrogens is 146 g/mol. The van der Waals surface area contributed by atoms with Crippen molar-refractivity contribution in [3.8, 4) is 0 Å². The van der Waals surface area contributed by atoms with Crippen molar-refractivity contribution in [1.82, 2.24) is 0 Å². The Morgan fingerprint density at radius 1 is 1.88 bits per heavy atom. The quantitative estimate of drug-likeness (QED) is 0.343. The molecule has 0 aliphatic rings. The van der Waals surface area contributed by atoms with Gasteiger partial charge in [0.15, 0.2) is 4.50 Å². The maximum absolute atomic E-state index is 5.47. The van der Waals surface area contributed by atoms with E-state index in [0.29, 0.717) is 11.0 Å². The minimum atomic E-state index is 0.454. The number of hydrogen-bond donors (Lipinski definition) is 0. The number of nitrogens with zero attached hydrogens (tertiary/aromatic N) is 1. The van der Waals surface area contributed by atoms with E-state index < -0.39 is 0 Å². The van der Waals surface area contributed by atoms with Crippen molar-refractivity contribution >= 4 is 28.1 Å².